The first-order valence-electron chi connectivity index (χ1n) is 8.15. The minimum absolute atomic E-state index is 0.322. The van der Waals surface area contributed by atoms with E-state index in [0.29, 0.717) is 40.1 Å². The number of amides is 1. The predicted molar refractivity (Wildman–Crippen MR) is 102 cm³/mol. The molecule has 0 radical (unpaired) electrons. The number of carbonyl (C=O) groups is 1. The van der Waals surface area contributed by atoms with Crippen LogP contribution in [-0.2, 0) is 9.63 Å². The molecule has 0 bridgehead atoms. The van der Waals surface area contributed by atoms with Gasteiger partial charge in [0.25, 0.3) is 5.91 Å². The maximum Gasteiger partial charge on any atom is 0.268 e. The van der Waals surface area contributed by atoms with Crippen molar-refractivity contribution in [2.45, 2.75) is 12.5 Å². The number of nitrogens with zero attached hydrogens (tertiary/aromatic N) is 1. The van der Waals surface area contributed by atoms with Gasteiger partial charge >= 0.3 is 0 Å². The monoisotopic (exact) mass is 390 g/mol. The van der Waals surface area contributed by atoms with Crippen LogP contribution in [0.15, 0.2) is 41.6 Å². The SMILES string of the molecule is COc1cc(NC(=O)[C@H]2CC(c3ccc(Cl)cc3)=NO2)cc(OC)c1OC. The number of hydrogen-bond donors (Lipinski definition) is 1. The first kappa shape index (κ1) is 18.8. The second kappa shape index (κ2) is 8.18. The molecule has 1 aliphatic heterocycles. The van der Waals surface area contributed by atoms with Gasteiger partial charge in [-0.2, -0.15) is 0 Å². The summed E-state index contributed by atoms with van der Waals surface area (Å²) in [7, 11) is 4.53. The Morgan fingerprint density at radius 1 is 1.11 bits per heavy atom. The number of benzene rings is 2. The van der Waals surface area contributed by atoms with Crippen molar-refractivity contribution in [2.24, 2.45) is 5.16 Å². The number of halogens is 1. The molecule has 27 heavy (non-hydrogen) atoms. The van der Waals surface area contributed by atoms with Crippen LogP contribution in [0.3, 0.4) is 0 Å². The first-order valence-corrected chi connectivity index (χ1v) is 8.53. The lowest BCUT2D eigenvalue weighted by Crippen LogP contribution is -2.28. The molecule has 1 amide bonds. The van der Waals surface area contributed by atoms with E-state index in [1.807, 2.05) is 12.1 Å². The molecule has 1 aliphatic rings. The number of methoxy groups -OCH3 is 3. The van der Waals surface area contributed by atoms with Crippen molar-refractivity contribution in [1.29, 1.82) is 0 Å². The van der Waals surface area contributed by atoms with Crippen molar-refractivity contribution >= 4 is 28.9 Å². The summed E-state index contributed by atoms with van der Waals surface area (Å²) in [4.78, 5) is 17.9. The molecule has 2 aromatic carbocycles. The van der Waals surface area contributed by atoms with Crippen LogP contribution < -0.4 is 19.5 Å². The van der Waals surface area contributed by atoms with E-state index in [-0.39, 0.29) is 5.91 Å². The maximum atomic E-state index is 12.6. The van der Waals surface area contributed by atoms with Crippen LogP contribution in [0.1, 0.15) is 12.0 Å². The van der Waals surface area contributed by atoms with Crippen molar-refractivity contribution < 1.29 is 23.8 Å². The van der Waals surface area contributed by atoms with E-state index in [2.05, 4.69) is 10.5 Å². The van der Waals surface area contributed by atoms with Gasteiger partial charge in [0.05, 0.1) is 27.0 Å². The maximum absolute atomic E-state index is 12.6. The topological polar surface area (TPSA) is 78.4 Å². The van der Waals surface area contributed by atoms with Crippen LogP contribution in [0.25, 0.3) is 0 Å². The molecule has 3 rings (SSSR count). The fraction of sp³-hybridized carbons (Fsp3) is 0.263. The Morgan fingerprint density at radius 3 is 2.30 bits per heavy atom. The molecular formula is C19H19ClN2O5. The summed E-state index contributed by atoms with van der Waals surface area (Å²) in [5.74, 6) is 1.01. The summed E-state index contributed by atoms with van der Waals surface area (Å²) in [5.41, 5.74) is 2.05. The molecule has 1 N–H and O–H groups in total. The largest absolute Gasteiger partial charge is 0.493 e. The number of rotatable bonds is 6. The van der Waals surface area contributed by atoms with Gasteiger partial charge < -0.3 is 24.4 Å². The van der Waals surface area contributed by atoms with Gasteiger partial charge in [0, 0.05) is 29.3 Å². The van der Waals surface area contributed by atoms with Crippen molar-refractivity contribution in [1.82, 2.24) is 0 Å². The van der Waals surface area contributed by atoms with Crippen molar-refractivity contribution in [2.75, 3.05) is 26.6 Å². The Balaban J connectivity index is 1.70. The molecule has 2 aromatic rings. The van der Waals surface area contributed by atoms with E-state index in [4.69, 9.17) is 30.6 Å². The summed E-state index contributed by atoms with van der Waals surface area (Å²) in [6, 6.07) is 10.5. The minimum Gasteiger partial charge on any atom is -0.493 e. The summed E-state index contributed by atoms with van der Waals surface area (Å²) >= 11 is 5.89. The highest BCUT2D eigenvalue weighted by Gasteiger charge is 2.29. The number of ether oxygens (including phenoxy) is 3. The fourth-order valence-electron chi connectivity index (χ4n) is 2.71. The van der Waals surface area contributed by atoms with E-state index < -0.39 is 6.10 Å². The van der Waals surface area contributed by atoms with Gasteiger partial charge in [0.1, 0.15) is 0 Å². The highest BCUT2D eigenvalue weighted by Crippen LogP contribution is 2.40. The van der Waals surface area contributed by atoms with Crippen LogP contribution in [0.4, 0.5) is 5.69 Å². The molecule has 142 valence electrons. The lowest BCUT2D eigenvalue weighted by molar-refractivity contribution is -0.125. The second-order valence-electron chi connectivity index (χ2n) is 5.75. The summed E-state index contributed by atoms with van der Waals surface area (Å²) < 4.78 is 15.9. The first-order chi connectivity index (χ1) is 13.0. The van der Waals surface area contributed by atoms with Crippen molar-refractivity contribution in [3.63, 3.8) is 0 Å². The molecule has 0 saturated heterocycles. The highest BCUT2D eigenvalue weighted by atomic mass is 35.5. The normalized spacial score (nSPS) is 15.6. The van der Waals surface area contributed by atoms with Gasteiger partial charge in [-0.25, -0.2) is 0 Å². The molecule has 7 nitrogen and oxygen atoms in total. The quantitative estimate of drug-likeness (QED) is 0.816. The van der Waals surface area contributed by atoms with E-state index in [9.17, 15) is 4.79 Å². The molecule has 0 aliphatic carbocycles. The Hall–Kier alpha value is -2.93. The van der Waals surface area contributed by atoms with E-state index in [1.54, 1.807) is 24.3 Å². The van der Waals surface area contributed by atoms with Gasteiger partial charge in [-0.1, -0.05) is 28.9 Å². The average molecular weight is 391 g/mol. The molecule has 1 heterocycles. The molecule has 0 aromatic heterocycles. The zero-order valence-electron chi connectivity index (χ0n) is 15.1. The molecule has 0 spiro atoms. The Kier molecular flexibility index (Phi) is 5.71. The second-order valence-corrected chi connectivity index (χ2v) is 6.18. The standard InChI is InChI=1S/C19H19ClN2O5/c1-24-15-8-13(9-16(25-2)18(15)26-3)21-19(23)17-10-14(22-27-17)11-4-6-12(20)7-5-11/h4-9,17H,10H2,1-3H3,(H,21,23)/t17-/m1/s1. The number of hydrogen-bond acceptors (Lipinski definition) is 6. The lowest BCUT2D eigenvalue weighted by atomic mass is 10.0. The third-order valence-corrected chi connectivity index (χ3v) is 4.32. The zero-order valence-corrected chi connectivity index (χ0v) is 15.9. The van der Waals surface area contributed by atoms with Gasteiger partial charge in [-0.05, 0) is 17.7 Å². The average Bonchev–Trinajstić information content (AvgIpc) is 3.18. The van der Waals surface area contributed by atoms with Crippen molar-refractivity contribution in [3.8, 4) is 17.2 Å². The highest BCUT2D eigenvalue weighted by molar-refractivity contribution is 6.30. The Labute approximate surface area is 161 Å². The zero-order chi connectivity index (χ0) is 19.4. The molecule has 0 saturated carbocycles. The molecule has 1 atom stereocenters. The van der Waals surface area contributed by atoms with E-state index in [1.165, 1.54) is 21.3 Å². The molecule has 8 heteroatoms. The Bertz CT molecular complexity index is 842. The number of anilines is 1. The summed E-state index contributed by atoms with van der Waals surface area (Å²) in [6.45, 7) is 0. The van der Waals surface area contributed by atoms with Gasteiger partial charge in [0.15, 0.2) is 11.5 Å². The van der Waals surface area contributed by atoms with E-state index in [0.717, 1.165) is 5.56 Å². The van der Waals surface area contributed by atoms with Crippen molar-refractivity contribution in [3.05, 3.63) is 47.0 Å². The third-order valence-electron chi connectivity index (χ3n) is 4.07. The number of oxime groups is 1. The summed E-state index contributed by atoms with van der Waals surface area (Å²) in [6.07, 6.45) is -0.368. The van der Waals surface area contributed by atoms with Gasteiger partial charge in [-0.15, -0.1) is 0 Å². The summed E-state index contributed by atoms with van der Waals surface area (Å²) in [5, 5.41) is 7.44. The van der Waals surface area contributed by atoms with Crippen LogP contribution >= 0.6 is 11.6 Å². The Morgan fingerprint density at radius 2 is 1.74 bits per heavy atom. The molecular weight excluding hydrogens is 372 g/mol. The molecule has 0 unspecified atom stereocenters. The fourth-order valence-corrected chi connectivity index (χ4v) is 2.83. The minimum atomic E-state index is -0.727. The van der Waals surface area contributed by atoms with Crippen LogP contribution in [0, 0.1) is 0 Å². The molecule has 0 fully saturated rings. The van der Waals surface area contributed by atoms with Gasteiger partial charge in [0.2, 0.25) is 11.9 Å². The van der Waals surface area contributed by atoms with Crippen LogP contribution in [0.5, 0.6) is 17.2 Å². The predicted octanol–water partition coefficient (Wildman–Crippen LogP) is 3.50. The lowest BCUT2D eigenvalue weighted by Gasteiger charge is -2.15. The van der Waals surface area contributed by atoms with E-state index >= 15 is 0 Å². The number of nitrogens with one attached hydrogen (secondary N) is 1. The smallest absolute Gasteiger partial charge is 0.268 e. The number of carbonyl (C=O) groups excluding carboxylic acids is 1. The third kappa shape index (κ3) is 4.09. The van der Waals surface area contributed by atoms with Crippen LogP contribution in [0.2, 0.25) is 5.02 Å². The van der Waals surface area contributed by atoms with Crippen LogP contribution in [-0.4, -0.2) is 39.1 Å². The van der Waals surface area contributed by atoms with Gasteiger partial charge in [-0.3, -0.25) is 4.79 Å².